The van der Waals surface area contributed by atoms with Crippen molar-refractivity contribution in [3.8, 4) is 0 Å². The summed E-state index contributed by atoms with van der Waals surface area (Å²) in [5.41, 5.74) is -1.19. The molecule has 0 spiro atoms. The van der Waals surface area contributed by atoms with E-state index in [2.05, 4.69) is 20.6 Å². The molecule has 1 aromatic rings. The summed E-state index contributed by atoms with van der Waals surface area (Å²) in [5.74, 6) is 1.29. The van der Waals surface area contributed by atoms with Crippen LogP contribution in [0.3, 0.4) is 0 Å². The molecule has 1 heterocycles. The lowest BCUT2D eigenvalue weighted by molar-refractivity contribution is -0.151. The largest absolute Gasteiger partial charge is 0.411 e. The van der Waals surface area contributed by atoms with Gasteiger partial charge < -0.3 is 10.6 Å². The van der Waals surface area contributed by atoms with Gasteiger partial charge in [-0.15, -0.1) is 0 Å². The molecule has 0 unspecified atom stereocenters. The van der Waals surface area contributed by atoms with Crippen molar-refractivity contribution in [2.24, 2.45) is 0 Å². The van der Waals surface area contributed by atoms with Gasteiger partial charge in [-0.2, -0.15) is 13.2 Å². The first kappa shape index (κ1) is 13.9. The molecule has 1 fully saturated rings. The molecular formula is C12H17F3N4. The first-order valence-corrected chi connectivity index (χ1v) is 6.23. The number of aromatic nitrogens is 2. The summed E-state index contributed by atoms with van der Waals surface area (Å²) in [6, 6.07) is 0. The standard InChI is InChI=1S/C12H17F3N4/c1-4-16-9-7(2)10(18-8(3)17-9)19-11(5-6-11)12(13,14)15/h4-6H2,1-3H3,(H2,16,17,18,19). The lowest BCUT2D eigenvalue weighted by atomic mass is 10.2. The van der Waals surface area contributed by atoms with Crippen molar-refractivity contribution in [2.45, 2.75) is 45.3 Å². The van der Waals surface area contributed by atoms with E-state index in [-0.39, 0.29) is 18.7 Å². The summed E-state index contributed by atoms with van der Waals surface area (Å²) in [5, 5.41) is 5.59. The van der Waals surface area contributed by atoms with E-state index in [9.17, 15) is 13.2 Å². The van der Waals surface area contributed by atoms with Gasteiger partial charge in [0.2, 0.25) is 0 Å². The molecule has 19 heavy (non-hydrogen) atoms. The first-order chi connectivity index (χ1) is 8.79. The van der Waals surface area contributed by atoms with Crippen LogP contribution in [0.5, 0.6) is 0 Å². The minimum Gasteiger partial charge on any atom is -0.370 e. The molecule has 1 aromatic heterocycles. The minimum atomic E-state index is -4.25. The molecule has 1 saturated carbocycles. The maximum absolute atomic E-state index is 12.9. The van der Waals surface area contributed by atoms with Crippen LogP contribution >= 0.6 is 0 Å². The average molecular weight is 274 g/mol. The number of hydrogen-bond donors (Lipinski definition) is 2. The van der Waals surface area contributed by atoms with Crippen LogP contribution in [0.15, 0.2) is 0 Å². The van der Waals surface area contributed by atoms with Gasteiger partial charge in [-0.05, 0) is 33.6 Å². The topological polar surface area (TPSA) is 49.8 Å². The van der Waals surface area contributed by atoms with Crippen LogP contribution in [0.25, 0.3) is 0 Å². The molecule has 0 bridgehead atoms. The fourth-order valence-corrected chi connectivity index (χ4v) is 1.92. The van der Waals surface area contributed by atoms with E-state index >= 15 is 0 Å². The van der Waals surface area contributed by atoms with Crippen molar-refractivity contribution in [3.05, 3.63) is 11.4 Å². The van der Waals surface area contributed by atoms with Gasteiger partial charge in [0, 0.05) is 12.1 Å². The van der Waals surface area contributed by atoms with Crippen LogP contribution < -0.4 is 10.6 Å². The highest BCUT2D eigenvalue weighted by Crippen LogP contribution is 2.51. The molecule has 4 nitrogen and oxygen atoms in total. The second-order valence-corrected chi connectivity index (χ2v) is 4.83. The first-order valence-electron chi connectivity index (χ1n) is 6.23. The average Bonchev–Trinajstić information content (AvgIpc) is 3.05. The Bertz CT molecular complexity index is 481. The summed E-state index contributed by atoms with van der Waals surface area (Å²) < 4.78 is 38.8. The minimum absolute atomic E-state index is 0.0928. The molecule has 0 aromatic carbocycles. The smallest absolute Gasteiger partial charge is 0.370 e. The van der Waals surface area contributed by atoms with E-state index in [1.165, 1.54) is 0 Å². The maximum atomic E-state index is 12.9. The number of aryl methyl sites for hydroxylation is 1. The molecule has 1 aliphatic rings. The Kier molecular flexibility index (Phi) is 3.32. The Labute approximate surface area is 109 Å². The third-order valence-corrected chi connectivity index (χ3v) is 3.25. The lowest BCUT2D eigenvalue weighted by Gasteiger charge is -2.23. The third-order valence-electron chi connectivity index (χ3n) is 3.25. The summed E-state index contributed by atoms with van der Waals surface area (Å²) in [6.07, 6.45) is -4.07. The van der Waals surface area contributed by atoms with Gasteiger partial charge >= 0.3 is 6.18 Å². The second kappa shape index (κ2) is 4.54. The molecule has 106 valence electrons. The molecule has 0 saturated heterocycles. The van der Waals surface area contributed by atoms with Gasteiger partial charge in [-0.25, -0.2) is 9.97 Å². The number of alkyl halides is 3. The van der Waals surface area contributed by atoms with E-state index in [0.717, 1.165) is 0 Å². The second-order valence-electron chi connectivity index (χ2n) is 4.83. The van der Waals surface area contributed by atoms with Gasteiger partial charge in [-0.3, -0.25) is 0 Å². The molecular weight excluding hydrogens is 257 g/mol. The van der Waals surface area contributed by atoms with E-state index in [0.29, 0.717) is 23.8 Å². The number of halogens is 3. The van der Waals surface area contributed by atoms with E-state index in [1.54, 1.807) is 13.8 Å². The molecule has 0 aliphatic heterocycles. The third kappa shape index (κ3) is 2.59. The molecule has 1 aliphatic carbocycles. The van der Waals surface area contributed by atoms with Crippen LogP contribution in [0.4, 0.5) is 24.8 Å². The van der Waals surface area contributed by atoms with Gasteiger partial charge in [0.05, 0.1) is 0 Å². The van der Waals surface area contributed by atoms with Crippen molar-refractivity contribution in [1.82, 2.24) is 9.97 Å². The Morgan fingerprint density at radius 1 is 1.16 bits per heavy atom. The summed E-state index contributed by atoms with van der Waals surface area (Å²) in [6.45, 7) is 5.94. The Morgan fingerprint density at radius 3 is 2.21 bits per heavy atom. The summed E-state index contributed by atoms with van der Waals surface area (Å²) in [4.78, 5) is 8.28. The van der Waals surface area contributed by atoms with Crippen molar-refractivity contribution in [2.75, 3.05) is 17.2 Å². The van der Waals surface area contributed by atoms with Gasteiger partial charge in [-0.1, -0.05) is 0 Å². The Hall–Kier alpha value is -1.53. The van der Waals surface area contributed by atoms with E-state index in [4.69, 9.17) is 0 Å². The highest BCUT2D eigenvalue weighted by molar-refractivity contribution is 5.59. The maximum Gasteiger partial charge on any atom is 0.411 e. The Morgan fingerprint density at radius 2 is 1.74 bits per heavy atom. The van der Waals surface area contributed by atoms with Gasteiger partial charge in [0.1, 0.15) is 23.0 Å². The molecule has 2 N–H and O–H groups in total. The van der Waals surface area contributed by atoms with E-state index in [1.807, 2.05) is 6.92 Å². The lowest BCUT2D eigenvalue weighted by Crippen LogP contribution is -2.39. The molecule has 0 atom stereocenters. The fraction of sp³-hybridized carbons (Fsp3) is 0.667. The summed E-state index contributed by atoms with van der Waals surface area (Å²) in [7, 11) is 0. The zero-order chi connectivity index (χ0) is 14.3. The van der Waals surface area contributed by atoms with Crippen LogP contribution in [0.1, 0.15) is 31.2 Å². The number of nitrogens with one attached hydrogen (secondary N) is 2. The zero-order valence-corrected chi connectivity index (χ0v) is 11.1. The van der Waals surface area contributed by atoms with Crippen LogP contribution in [-0.2, 0) is 0 Å². The zero-order valence-electron chi connectivity index (χ0n) is 11.1. The number of nitrogens with zero attached hydrogens (tertiary/aromatic N) is 2. The highest BCUT2D eigenvalue weighted by atomic mass is 19.4. The number of rotatable bonds is 4. The van der Waals surface area contributed by atoms with Crippen LogP contribution in [0.2, 0.25) is 0 Å². The van der Waals surface area contributed by atoms with Crippen molar-refractivity contribution in [1.29, 1.82) is 0 Å². The molecule has 2 rings (SSSR count). The van der Waals surface area contributed by atoms with Crippen molar-refractivity contribution < 1.29 is 13.2 Å². The SMILES string of the molecule is CCNc1nc(C)nc(NC2(C(F)(F)F)CC2)c1C. The van der Waals surface area contributed by atoms with Crippen LogP contribution in [0, 0.1) is 13.8 Å². The van der Waals surface area contributed by atoms with E-state index < -0.39 is 11.7 Å². The van der Waals surface area contributed by atoms with Gasteiger partial charge in [0.15, 0.2) is 0 Å². The van der Waals surface area contributed by atoms with Crippen molar-refractivity contribution in [3.63, 3.8) is 0 Å². The number of hydrogen-bond acceptors (Lipinski definition) is 4. The fourth-order valence-electron chi connectivity index (χ4n) is 1.92. The monoisotopic (exact) mass is 274 g/mol. The quantitative estimate of drug-likeness (QED) is 0.886. The predicted molar refractivity (Wildman–Crippen MR) is 67.3 cm³/mol. The highest BCUT2D eigenvalue weighted by Gasteiger charge is 2.63. The van der Waals surface area contributed by atoms with Crippen LogP contribution in [-0.4, -0.2) is 28.2 Å². The Balaban J connectivity index is 2.31. The van der Waals surface area contributed by atoms with Gasteiger partial charge in [0.25, 0.3) is 0 Å². The van der Waals surface area contributed by atoms with Crippen molar-refractivity contribution >= 4 is 11.6 Å². The summed E-state index contributed by atoms with van der Waals surface area (Å²) >= 11 is 0. The number of anilines is 2. The normalized spacial score (nSPS) is 17.2. The predicted octanol–water partition coefficient (Wildman–Crippen LogP) is 3.03. The molecule has 0 amide bonds. The molecule has 7 heteroatoms. The molecule has 0 radical (unpaired) electrons.